The molecule has 8 heteroatoms. The van der Waals surface area contributed by atoms with Crippen LogP contribution in [0.5, 0.6) is 0 Å². The maximum absolute atomic E-state index is 13.7. The lowest BCUT2D eigenvalue weighted by Gasteiger charge is -2.08. The number of nitrogens with one attached hydrogen (secondary N) is 1. The number of thiophene rings is 1. The summed E-state index contributed by atoms with van der Waals surface area (Å²) >= 11 is 3.97. The summed E-state index contributed by atoms with van der Waals surface area (Å²) in [6.07, 6.45) is 0. The summed E-state index contributed by atoms with van der Waals surface area (Å²) in [4.78, 5) is 23.6. The van der Waals surface area contributed by atoms with E-state index in [4.69, 9.17) is 0 Å². The smallest absolute Gasteiger partial charge is 0.350 e. The topological polar surface area (TPSA) is 55.4 Å². The maximum atomic E-state index is 13.7. The van der Waals surface area contributed by atoms with Gasteiger partial charge in [0.2, 0.25) is 0 Å². The molecular weight excluding hydrogens is 368 g/mol. The molecule has 0 saturated carbocycles. The van der Waals surface area contributed by atoms with Crippen LogP contribution in [-0.4, -0.2) is 19.0 Å². The van der Waals surface area contributed by atoms with E-state index in [1.54, 1.807) is 5.38 Å². The average Bonchev–Trinajstić information content (AvgIpc) is 2.84. The Morgan fingerprint density at radius 2 is 1.90 bits per heavy atom. The van der Waals surface area contributed by atoms with E-state index >= 15 is 0 Å². The van der Waals surface area contributed by atoms with Crippen molar-refractivity contribution in [1.29, 1.82) is 0 Å². The zero-order chi connectivity index (χ0) is 15.6. The van der Waals surface area contributed by atoms with E-state index in [1.165, 1.54) is 13.2 Å². The third kappa shape index (κ3) is 3.27. The average molecular weight is 376 g/mol. The Morgan fingerprint density at radius 3 is 2.48 bits per heavy atom. The quantitative estimate of drug-likeness (QED) is 0.829. The largest absolute Gasteiger partial charge is 0.465 e. The summed E-state index contributed by atoms with van der Waals surface area (Å²) in [6.45, 7) is 0. The Balaban J connectivity index is 2.31. The highest BCUT2D eigenvalue weighted by Gasteiger charge is 2.21. The number of carbonyl (C=O) groups is 2. The Kier molecular flexibility index (Phi) is 4.69. The minimum absolute atomic E-state index is 0.138. The van der Waals surface area contributed by atoms with Crippen LogP contribution in [0.2, 0.25) is 0 Å². The number of carbonyl (C=O) groups excluding carboxylic acids is 2. The Bertz CT molecular complexity index is 694. The normalized spacial score (nSPS) is 10.3. The van der Waals surface area contributed by atoms with Crippen LogP contribution >= 0.6 is 27.3 Å². The summed E-state index contributed by atoms with van der Waals surface area (Å²) in [5, 5.41) is 3.85. The van der Waals surface area contributed by atoms with Crippen molar-refractivity contribution in [1.82, 2.24) is 0 Å². The van der Waals surface area contributed by atoms with E-state index in [0.717, 1.165) is 23.5 Å². The van der Waals surface area contributed by atoms with E-state index in [9.17, 15) is 18.4 Å². The van der Waals surface area contributed by atoms with Crippen LogP contribution in [0.4, 0.5) is 14.5 Å². The van der Waals surface area contributed by atoms with Gasteiger partial charge in [0.1, 0.15) is 22.1 Å². The second-order valence-electron chi connectivity index (χ2n) is 3.85. The fourth-order valence-electron chi connectivity index (χ4n) is 1.60. The first-order valence-electron chi connectivity index (χ1n) is 5.55. The van der Waals surface area contributed by atoms with E-state index in [1.807, 2.05) is 0 Å². The molecule has 2 aromatic rings. The summed E-state index contributed by atoms with van der Waals surface area (Å²) in [5.74, 6) is -3.64. The number of rotatable bonds is 3. The summed E-state index contributed by atoms with van der Waals surface area (Å²) in [6, 6.07) is 3.41. The van der Waals surface area contributed by atoms with Gasteiger partial charge in [0.15, 0.2) is 0 Å². The number of benzene rings is 1. The van der Waals surface area contributed by atoms with Crippen molar-refractivity contribution in [2.24, 2.45) is 0 Å². The summed E-state index contributed by atoms with van der Waals surface area (Å²) in [5.41, 5.74) is -0.584. The lowest BCUT2D eigenvalue weighted by molar-refractivity contribution is 0.0607. The van der Waals surface area contributed by atoms with Gasteiger partial charge in [0.25, 0.3) is 5.91 Å². The number of hydrogen-bond donors (Lipinski definition) is 1. The molecule has 0 atom stereocenters. The number of hydrogen-bond acceptors (Lipinski definition) is 4. The van der Waals surface area contributed by atoms with Crippen molar-refractivity contribution >= 4 is 44.8 Å². The number of anilines is 1. The number of esters is 1. The molecule has 1 heterocycles. The molecule has 0 unspecified atom stereocenters. The van der Waals surface area contributed by atoms with Crippen LogP contribution in [0.3, 0.4) is 0 Å². The van der Waals surface area contributed by atoms with Crippen molar-refractivity contribution in [3.05, 3.63) is 50.1 Å². The van der Waals surface area contributed by atoms with Crippen molar-refractivity contribution in [3.8, 4) is 0 Å². The molecule has 0 aliphatic heterocycles. The van der Waals surface area contributed by atoms with Gasteiger partial charge < -0.3 is 10.1 Å². The van der Waals surface area contributed by atoms with Gasteiger partial charge in [-0.2, -0.15) is 0 Å². The molecule has 0 aliphatic carbocycles. The van der Waals surface area contributed by atoms with Crippen LogP contribution in [0, 0.1) is 11.6 Å². The zero-order valence-electron chi connectivity index (χ0n) is 10.6. The van der Waals surface area contributed by atoms with Crippen LogP contribution < -0.4 is 5.32 Å². The molecule has 0 aliphatic rings. The summed E-state index contributed by atoms with van der Waals surface area (Å²) < 4.78 is 32.1. The molecule has 21 heavy (non-hydrogen) atoms. The minimum Gasteiger partial charge on any atom is -0.465 e. The van der Waals surface area contributed by atoms with E-state index in [-0.39, 0.29) is 15.0 Å². The van der Waals surface area contributed by atoms with Gasteiger partial charge in [-0.3, -0.25) is 4.79 Å². The van der Waals surface area contributed by atoms with Crippen molar-refractivity contribution in [3.63, 3.8) is 0 Å². The molecule has 0 fully saturated rings. The lowest BCUT2D eigenvalue weighted by atomic mass is 10.2. The number of ether oxygens (including phenoxy) is 1. The molecular formula is C13H8BrF2NO3S. The molecule has 110 valence electrons. The molecule has 0 spiro atoms. The first-order chi connectivity index (χ1) is 9.93. The second kappa shape index (κ2) is 6.31. The standard InChI is InChI=1S/C13H8BrF2NO3S/c1-20-13(19)11-9(2-3-21-11)17-12(18)10-7(15)4-6(14)5-8(10)16/h2-5H,1H3,(H,17,18). The highest BCUT2D eigenvalue weighted by atomic mass is 79.9. The predicted molar refractivity (Wildman–Crippen MR) is 77.7 cm³/mol. The minimum atomic E-state index is -1.01. The second-order valence-corrected chi connectivity index (χ2v) is 5.69. The Labute approximate surface area is 130 Å². The van der Waals surface area contributed by atoms with Crippen LogP contribution in [0.25, 0.3) is 0 Å². The molecule has 2 rings (SSSR count). The highest BCUT2D eigenvalue weighted by molar-refractivity contribution is 9.10. The lowest BCUT2D eigenvalue weighted by Crippen LogP contribution is -2.17. The molecule has 0 bridgehead atoms. The third-order valence-corrected chi connectivity index (χ3v) is 3.87. The fourth-order valence-corrected chi connectivity index (χ4v) is 2.77. The molecule has 1 N–H and O–H groups in total. The van der Waals surface area contributed by atoms with E-state index < -0.39 is 29.1 Å². The Morgan fingerprint density at radius 1 is 1.29 bits per heavy atom. The van der Waals surface area contributed by atoms with Crippen LogP contribution in [0.15, 0.2) is 28.1 Å². The van der Waals surface area contributed by atoms with Crippen LogP contribution in [0.1, 0.15) is 20.0 Å². The van der Waals surface area contributed by atoms with Gasteiger partial charge in [0, 0.05) is 4.47 Å². The maximum Gasteiger partial charge on any atom is 0.350 e. The van der Waals surface area contributed by atoms with Crippen molar-refractivity contribution in [2.75, 3.05) is 12.4 Å². The van der Waals surface area contributed by atoms with Crippen molar-refractivity contribution in [2.45, 2.75) is 0 Å². The fraction of sp³-hybridized carbons (Fsp3) is 0.0769. The molecule has 1 aromatic heterocycles. The zero-order valence-corrected chi connectivity index (χ0v) is 13.0. The molecule has 4 nitrogen and oxygen atoms in total. The highest BCUT2D eigenvalue weighted by Crippen LogP contribution is 2.25. The van der Waals surface area contributed by atoms with Crippen LogP contribution in [-0.2, 0) is 4.74 Å². The number of methoxy groups -OCH3 is 1. The summed E-state index contributed by atoms with van der Waals surface area (Å²) in [7, 11) is 1.20. The third-order valence-electron chi connectivity index (χ3n) is 2.52. The van der Waals surface area contributed by atoms with Gasteiger partial charge in [-0.05, 0) is 23.6 Å². The SMILES string of the molecule is COC(=O)c1sccc1NC(=O)c1c(F)cc(Br)cc1F. The monoisotopic (exact) mass is 375 g/mol. The number of amides is 1. The molecule has 1 aromatic carbocycles. The Hall–Kier alpha value is -1.80. The van der Waals surface area contributed by atoms with Gasteiger partial charge in [-0.1, -0.05) is 15.9 Å². The molecule has 1 amide bonds. The molecule has 0 radical (unpaired) electrons. The predicted octanol–water partition coefficient (Wildman–Crippen LogP) is 3.83. The first kappa shape index (κ1) is 15.6. The van der Waals surface area contributed by atoms with E-state index in [2.05, 4.69) is 26.0 Å². The van der Waals surface area contributed by atoms with Crippen molar-refractivity contribution < 1.29 is 23.1 Å². The van der Waals surface area contributed by atoms with Gasteiger partial charge in [-0.25, -0.2) is 13.6 Å². The van der Waals surface area contributed by atoms with Gasteiger partial charge in [-0.15, -0.1) is 11.3 Å². The van der Waals surface area contributed by atoms with E-state index in [0.29, 0.717) is 0 Å². The molecule has 0 saturated heterocycles. The number of halogens is 3. The van der Waals surface area contributed by atoms with Gasteiger partial charge in [0.05, 0.1) is 12.8 Å². The van der Waals surface area contributed by atoms with Gasteiger partial charge >= 0.3 is 5.97 Å². The first-order valence-corrected chi connectivity index (χ1v) is 7.23.